The lowest BCUT2D eigenvalue weighted by Crippen LogP contribution is -2.09. The van der Waals surface area contributed by atoms with Crippen LogP contribution in [0.3, 0.4) is 0 Å². The molecule has 122 valence electrons. The number of carbonyl (C=O) groups is 1. The van der Waals surface area contributed by atoms with E-state index in [4.69, 9.17) is 18.9 Å². The predicted octanol–water partition coefficient (Wildman–Crippen LogP) is 2.45. The molecule has 2 aromatic rings. The van der Waals surface area contributed by atoms with Gasteiger partial charge in [0.2, 0.25) is 0 Å². The minimum Gasteiger partial charge on any atom is -0.487 e. The van der Waals surface area contributed by atoms with Gasteiger partial charge in [-0.2, -0.15) is 0 Å². The lowest BCUT2D eigenvalue weighted by molar-refractivity contribution is 0.104. The molecule has 5 rings (SSSR count). The van der Waals surface area contributed by atoms with E-state index < -0.39 is 0 Å². The summed E-state index contributed by atoms with van der Waals surface area (Å²) in [6.07, 6.45) is 0.303. The zero-order valence-corrected chi connectivity index (χ0v) is 13.0. The summed E-state index contributed by atoms with van der Waals surface area (Å²) < 4.78 is 22.1. The minimum atomic E-state index is 0.0326. The van der Waals surface area contributed by atoms with Gasteiger partial charge in [-0.1, -0.05) is 24.3 Å². The molecule has 24 heavy (non-hydrogen) atoms. The number of rotatable bonds is 6. The van der Waals surface area contributed by atoms with Gasteiger partial charge in [0.15, 0.2) is 17.3 Å². The Morgan fingerprint density at radius 2 is 1.38 bits per heavy atom. The molecule has 2 saturated heterocycles. The number of ether oxygens (including phenoxy) is 4. The molecule has 3 aliphatic rings. The second-order valence-electron chi connectivity index (χ2n) is 6.25. The Bertz CT molecular complexity index is 821. The van der Waals surface area contributed by atoms with Crippen molar-refractivity contribution in [1.82, 2.24) is 0 Å². The molecule has 2 fully saturated rings. The Kier molecular flexibility index (Phi) is 3.11. The maximum absolute atomic E-state index is 12.6. The van der Waals surface area contributed by atoms with Crippen LogP contribution in [0, 0.1) is 0 Å². The van der Waals surface area contributed by atoms with E-state index in [2.05, 4.69) is 0 Å². The number of fused-ring (bicyclic) bond motifs is 3. The molecule has 2 aliphatic heterocycles. The third kappa shape index (κ3) is 2.46. The second kappa shape index (κ2) is 5.33. The van der Waals surface area contributed by atoms with Crippen molar-refractivity contribution >= 4 is 5.78 Å². The van der Waals surface area contributed by atoms with Gasteiger partial charge in [-0.25, -0.2) is 0 Å². The molecule has 0 spiro atoms. The Labute approximate surface area is 139 Å². The Morgan fingerprint density at radius 3 is 1.96 bits per heavy atom. The van der Waals surface area contributed by atoms with Gasteiger partial charge in [0.1, 0.15) is 25.4 Å². The van der Waals surface area contributed by atoms with Crippen LogP contribution in [0.5, 0.6) is 11.5 Å². The zero-order chi connectivity index (χ0) is 16.1. The summed E-state index contributed by atoms with van der Waals surface area (Å²) in [5.74, 6) is 1.27. The molecule has 2 unspecified atom stereocenters. The maximum atomic E-state index is 12.6. The van der Waals surface area contributed by atoms with E-state index in [0.29, 0.717) is 30.3 Å². The number of epoxide rings is 2. The van der Waals surface area contributed by atoms with Crippen molar-refractivity contribution in [2.24, 2.45) is 0 Å². The van der Waals surface area contributed by atoms with Gasteiger partial charge >= 0.3 is 0 Å². The van der Waals surface area contributed by atoms with Crippen molar-refractivity contribution in [3.63, 3.8) is 0 Å². The molecule has 5 heteroatoms. The lowest BCUT2D eigenvalue weighted by atomic mass is 10.1. The Balaban J connectivity index is 1.53. The van der Waals surface area contributed by atoms with Crippen molar-refractivity contribution < 1.29 is 23.7 Å². The third-order valence-electron chi connectivity index (χ3n) is 4.44. The van der Waals surface area contributed by atoms with Crippen LogP contribution in [0.2, 0.25) is 0 Å². The molecular formula is C19H16O5. The van der Waals surface area contributed by atoms with Crippen LogP contribution in [0.15, 0.2) is 36.4 Å². The molecule has 2 heterocycles. The average Bonchev–Trinajstić information content (AvgIpc) is 3.52. The SMILES string of the molecule is O=C1c2ccccc2-c2cc(OCC3CO3)c(OCC3CO3)cc21. The van der Waals surface area contributed by atoms with E-state index in [1.165, 1.54) is 0 Å². The van der Waals surface area contributed by atoms with Crippen molar-refractivity contribution in [2.45, 2.75) is 12.2 Å². The number of hydrogen-bond donors (Lipinski definition) is 0. The van der Waals surface area contributed by atoms with Crippen LogP contribution < -0.4 is 9.47 Å². The number of ketones is 1. The molecular weight excluding hydrogens is 308 g/mol. The molecule has 0 saturated carbocycles. The molecule has 2 aromatic carbocycles. The zero-order valence-electron chi connectivity index (χ0n) is 13.0. The normalized spacial score (nSPS) is 22.8. The van der Waals surface area contributed by atoms with Crippen LogP contribution in [0.1, 0.15) is 15.9 Å². The summed E-state index contributed by atoms with van der Waals surface area (Å²) in [7, 11) is 0. The van der Waals surface area contributed by atoms with E-state index in [1.807, 2.05) is 30.3 Å². The first-order valence-electron chi connectivity index (χ1n) is 8.10. The highest BCUT2D eigenvalue weighted by Gasteiger charge is 2.31. The lowest BCUT2D eigenvalue weighted by Gasteiger charge is -2.14. The smallest absolute Gasteiger partial charge is 0.194 e. The largest absolute Gasteiger partial charge is 0.487 e. The summed E-state index contributed by atoms with van der Waals surface area (Å²) in [6.45, 7) is 2.42. The molecule has 0 amide bonds. The fraction of sp³-hybridized carbons (Fsp3) is 0.316. The van der Waals surface area contributed by atoms with Crippen molar-refractivity contribution in [3.8, 4) is 22.6 Å². The molecule has 0 N–H and O–H groups in total. The second-order valence-corrected chi connectivity index (χ2v) is 6.25. The summed E-state index contributed by atoms with van der Waals surface area (Å²) in [4.78, 5) is 12.6. The van der Waals surface area contributed by atoms with Crippen molar-refractivity contribution in [1.29, 1.82) is 0 Å². The average molecular weight is 324 g/mol. The third-order valence-corrected chi connectivity index (χ3v) is 4.44. The molecule has 0 aromatic heterocycles. The van der Waals surface area contributed by atoms with E-state index in [1.54, 1.807) is 6.07 Å². The first kappa shape index (κ1) is 14.0. The highest BCUT2D eigenvalue weighted by atomic mass is 16.6. The first-order chi connectivity index (χ1) is 11.8. The Hall–Kier alpha value is -2.37. The Morgan fingerprint density at radius 1 is 0.833 bits per heavy atom. The van der Waals surface area contributed by atoms with Crippen molar-refractivity contribution in [3.05, 3.63) is 47.5 Å². The van der Waals surface area contributed by atoms with Gasteiger partial charge in [0, 0.05) is 11.1 Å². The highest BCUT2D eigenvalue weighted by Crippen LogP contribution is 2.43. The number of carbonyl (C=O) groups excluding carboxylic acids is 1. The monoisotopic (exact) mass is 324 g/mol. The van der Waals surface area contributed by atoms with Gasteiger partial charge in [0.05, 0.1) is 13.2 Å². The summed E-state index contributed by atoms with van der Waals surface area (Å²) in [5.41, 5.74) is 3.24. The molecule has 1 aliphatic carbocycles. The maximum Gasteiger partial charge on any atom is 0.194 e. The van der Waals surface area contributed by atoms with Crippen LogP contribution >= 0.6 is 0 Å². The number of hydrogen-bond acceptors (Lipinski definition) is 5. The van der Waals surface area contributed by atoms with Gasteiger partial charge in [-0.05, 0) is 23.3 Å². The van der Waals surface area contributed by atoms with E-state index in [9.17, 15) is 4.79 Å². The summed E-state index contributed by atoms with van der Waals surface area (Å²) in [5, 5.41) is 0. The van der Waals surface area contributed by atoms with Crippen LogP contribution in [0.4, 0.5) is 0 Å². The molecule has 2 atom stereocenters. The van der Waals surface area contributed by atoms with Gasteiger partial charge < -0.3 is 18.9 Å². The predicted molar refractivity (Wildman–Crippen MR) is 85.8 cm³/mol. The van der Waals surface area contributed by atoms with Crippen LogP contribution in [-0.4, -0.2) is 44.4 Å². The summed E-state index contributed by atoms with van der Waals surface area (Å²) >= 11 is 0. The van der Waals surface area contributed by atoms with Gasteiger partial charge in [-0.15, -0.1) is 0 Å². The fourth-order valence-electron chi connectivity index (χ4n) is 2.95. The van der Waals surface area contributed by atoms with Gasteiger partial charge in [0.25, 0.3) is 0 Å². The molecule has 0 radical (unpaired) electrons. The summed E-state index contributed by atoms with van der Waals surface area (Å²) in [6, 6.07) is 11.3. The van der Waals surface area contributed by atoms with Crippen LogP contribution in [0.25, 0.3) is 11.1 Å². The van der Waals surface area contributed by atoms with E-state index in [0.717, 1.165) is 29.9 Å². The van der Waals surface area contributed by atoms with Gasteiger partial charge in [-0.3, -0.25) is 4.79 Å². The highest BCUT2D eigenvalue weighted by molar-refractivity contribution is 6.22. The quantitative estimate of drug-likeness (QED) is 0.652. The fourth-order valence-corrected chi connectivity index (χ4v) is 2.95. The standard InChI is InChI=1S/C19H16O5/c20-19-14-4-2-1-3-13(14)15-5-17(23-9-11-7-21-11)18(6-16(15)19)24-10-12-8-22-12/h1-6,11-12H,7-10H2. The minimum absolute atomic E-state index is 0.0326. The number of benzene rings is 2. The molecule has 5 nitrogen and oxygen atoms in total. The first-order valence-corrected chi connectivity index (χ1v) is 8.10. The topological polar surface area (TPSA) is 60.6 Å². The van der Waals surface area contributed by atoms with E-state index in [-0.39, 0.29) is 18.0 Å². The van der Waals surface area contributed by atoms with Crippen molar-refractivity contribution in [2.75, 3.05) is 26.4 Å². The van der Waals surface area contributed by atoms with Crippen LogP contribution in [-0.2, 0) is 9.47 Å². The molecule has 0 bridgehead atoms. The van der Waals surface area contributed by atoms with E-state index >= 15 is 0 Å².